The van der Waals surface area contributed by atoms with Gasteiger partial charge in [-0.2, -0.15) is 0 Å². The van der Waals surface area contributed by atoms with Crippen LogP contribution in [0.25, 0.3) is 0 Å². The first-order valence-corrected chi connectivity index (χ1v) is 5.47. The van der Waals surface area contributed by atoms with Crippen LogP contribution in [0.4, 0.5) is 0 Å². The fourth-order valence-corrected chi connectivity index (χ4v) is 1.54. The predicted molar refractivity (Wildman–Crippen MR) is 63.0 cm³/mol. The molecule has 1 aromatic heterocycles. The molecule has 92 valence electrons. The summed E-state index contributed by atoms with van der Waals surface area (Å²) in [6.45, 7) is 6.34. The fourth-order valence-electron chi connectivity index (χ4n) is 1.54. The minimum absolute atomic E-state index is 0.0779. The summed E-state index contributed by atoms with van der Waals surface area (Å²) in [6, 6.07) is 2.92. The van der Waals surface area contributed by atoms with Gasteiger partial charge >= 0.3 is 5.97 Å². The summed E-state index contributed by atoms with van der Waals surface area (Å²) >= 11 is 0. The number of amides is 1. The van der Waals surface area contributed by atoms with Crippen LogP contribution in [0.5, 0.6) is 0 Å². The molecular weight excluding hydrogens is 220 g/mol. The molecule has 0 aromatic carbocycles. The van der Waals surface area contributed by atoms with Crippen LogP contribution >= 0.6 is 0 Å². The van der Waals surface area contributed by atoms with E-state index in [1.165, 1.54) is 18.3 Å². The Hall–Kier alpha value is -1.91. The SMILES string of the molecule is CCN(C(=O)c1ccc(C(=O)O)cn1)C(C)C. The lowest BCUT2D eigenvalue weighted by molar-refractivity contribution is 0.0686. The van der Waals surface area contributed by atoms with Gasteiger partial charge < -0.3 is 10.0 Å². The monoisotopic (exact) mass is 236 g/mol. The Balaban J connectivity index is 2.93. The van der Waals surface area contributed by atoms with E-state index < -0.39 is 5.97 Å². The second-order valence-electron chi connectivity index (χ2n) is 3.92. The van der Waals surface area contributed by atoms with Crippen molar-refractivity contribution in [3.05, 3.63) is 29.6 Å². The summed E-state index contributed by atoms with van der Waals surface area (Å²) < 4.78 is 0. The van der Waals surface area contributed by atoms with Crippen molar-refractivity contribution in [3.63, 3.8) is 0 Å². The zero-order valence-electron chi connectivity index (χ0n) is 10.2. The maximum absolute atomic E-state index is 12.0. The van der Waals surface area contributed by atoms with Gasteiger partial charge in [0.25, 0.3) is 5.91 Å². The van der Waals surface area contributed by atoms with E-state index in [9.17, 15) is 9.59 Å². The van der Waals surface area contributed by atoms with Crippen molar-refractivity contribution < 1.29 is 14.7 Å². The van der Waals surface area contributed by atoms with E-state index in [1.54, 1.807) is 4.90 Å². The molecule has 1 rings (SSSR count). The molecule has 0 saturated heterocycles. The van der Waals surface area contributed by atoms with Crippen LogP contribution in [-0.4, -0.2) is 39.5 Å². The zero-order valence-corrected chi connectivity index (χ0v) is 10.2. The van der Waals surface area contributed by atoms with Crippen LogP contribution in [0, 0.1) is 0 Å². The number of hydrogen-bond acceptors (Lipinski definition) is 3. The van der Waals surface area contributed by atoms with Crippen LogP contribution in [0.1, 0.15) is 41.6 Å². The molecule has 17 heavy (non-hydrogen) atoms. The van der Waals surface area contributed by atoms with Crippen molar-refractivity contribution in [2.75, 3.05) is 6.54 Å². The molecule has 0 spiro atoms. The first-order valence-electron chi connectivity index (χ1n) is 5.47. The van der Waals surface area contributed by atoms with Gasteiger partial charge in [-0.3, -0.25) is 9.78 Å². The molecule has 0 bridgehead atoms. The van der Waals surface area contributed by atoms with E-state index in [-0.39, 0.29) is 23.2 Å². The van der Waals surface area contributed by atoms with Gasteiger partial charge in [-0.05, 0) is 32.9 Å². The Labute approximate surface area is 100 Å². The lowest BCUT2D eigenvalue weighted by Crippen LogP contribution is -2.37. The van der Waals surface area contributed by atoms with Crippen LogP contribution in [0.2, 0.25) is 0 Å². The van der Waals surface area contributed by atoms with Crippen LogP contribution < -0.4 is 0 Å². The smallest absolute Gasteiger partial charge is 0.337 e. The van der Waals surface area contributed by atoms with Crippen molar-refractivity contribution in [2.45, 2.75) is 26.8 Å². The number of aromatic nitrogens is 1. The topological polar surface area (TPSA) is 70.5 Å². The maximum atomic E-state index is 12.0. The molecule has 0 aliphatic rings. The van der Waals surface area contributed by atoms with Gasteiger partial charge in [0, 0.05) is 18.8 Å². The maximum Gasteiger partial charge on any atom is 0.337 e. The summed E-state index contributed by atoms with van der Waals surface area (Å²) in [5, 5.41) is 8.72. The van der Waals surface area contributed by atoms with Gasteiger partial charge in [-0.25, -0.2) is 4.79 Å². The highest BCUT2D eigenvalue weighted by atomic mass is 16.4. The number of nitrogens with zero attached hydrogens (tertiary/aromatic N) is 2. The molecule has 5 heteroatoms. The summed E-state index contributed by atoms with van der Waals surface area (Å²) in [5.74, 6) is -1.23. The van der Waals surface area contributed by atoms with Gasteiger partial charge in [0.1, 0.15) is 5.69 Å². The first-order chi connectivity index (χ1) is 7.97. The van der Waals surface area contributed by atoms with Crippen LogP contribution in [0.3, 0.4) is 0 Å². The Morgan fingerprint density at radius 2 is 2.06 bits per heavy atom. The number of hydrogen-bond donors (Lipinski definition) is 1. The van der Waals surface area contributed by atoms with Gasteiger partial charge in [-0.1, -0.05) is 0 Å². The summed E-state index contributed by atoms with van der Waals surface area (Å²) in [4.78, 5) is 28.2. The van der Waals surface area contributed by atoms with Crippen LogP contribution in [-0.2, 0) is 0 Å². The Kier molecular flexibility index (Phi) is 4.20. The lowest BCUT2D eigenvalue weighted by atomic mass is 10.2. The van der Waals surface area contributed by atoms with E-state index in [0.717, 1.165) is 0 Å². The Bertz CT molecular complexity index is 412. The highest BCUT2D eigenvalue weighted by Gasteiger charge is 2.18. The third kappa shape index (κ3) is 3.03. The van der Waals surface area contributed by atoms with E-state index in [0.29, 0.717) is 6.54 Å². The summed E-state index contributed by atoms with van der Waals surface area (Å²) in [5.41, 5.74) is 0.347. The van der Waals surface area contributed by atoms with E-state index in [2.05, 4.69) is 4.98 Å². The normalized spacial score (nSPS) is 10.4. The number of carboxylic acids is 1. The Morgan fingerprint density at radius 3 is 2.41 bits per heavy atom. The largest absolute Gasteiger partial charge is 0.478 e. The van der Waals surface area contributed by atoms with Gasteiger partial charge in [0.2, 0.25) is 0 Å². The number of carbonyl (C=O) groups is 2. The molecule has 0 aliphatic heterocycles. The molecule has 1 amide bonds. The Morgan fingerprint density at radius 1 is 1.41 bits per heavy atom. The minimum Gasteiger partial charge on any atom is -0.478 e. The highest BCUT2D eigenvalue weighted by molar-refractivity contribution is 5.93. The van der Waals surface area contributed by atoms with Crippen molar-refractivity contribution >= 4 is 11.9 Å². The van der Waals surface area contributed by atoms with E-state index in [1.807, 2.05) is 20.8 Å². The first kappa shape index (κ1) is 13.2. The highest BCUT2D eigenvalue weighted by Crippen LogP contribution is 2.07. The van der Waals surface area contributed by atoms with E-state index >= 15 is 0 Å². The predicted octanol–water partition coefficient (Wildman–Crippen LogP) is 1.65. The second-order valence-corrected chi connectivity index (χ2v) is 3.92. The summed E-state index contributed by atoms with van der Waals surface area (Å²) in [6.07, 6.45) is 1.20. The number of pyridine rings is 1. The number of rotatable bonds is 4. The molecular formula is C12H16N2O3. The van der Waals surface area contributed by atoms with Crippen molar-refractivity contribution in [1.29, 1.82) is 0 Å². The molecule has 0 unspecified atom stereocenters. The van der Waals surface area contributed by atoms with Crippen molar-refractivity contribution in [1.82, 2.24) is 9.88 Å². The zero-order chi connectivity index (χ0) is 13.0. The average Bonchev–Trinajstić information content (AvgIpc) is 2.29. The molecule has 0 radical (unpaired) electrons. The molecule has 1 aromatic rings. The molecule has 0 atom stereocenters. The molecule has 0 fully saturated rings. The average molecular weight is 236 g/mol. The number of carbonyl (C=O) groups excluding carboxylic acids is 1. The number of carboxylic acid groups (broad SMARTS) is 1. The molecule has 0 saturated carbocycles. The quantitative estimate of drug-likeness (QED) is 0.862. The molecule has 5 nitrogen and oxygen atoms in total. The number of aromatic carboxylic acids is 1. The minimum atomic E-state index is -1.05. The van der Waals surface area contributed by atoms with Crippen LogP contribution in [0.15, 0.2) is 18.3 Å². The van der Waals surface area contributed by atoms with Crippen molar-refractivity contribution in [2.24, 2.45) is 0 Å². The lowest BCUT2D eigenvalue weighted by Gasteiger charge is -2.24. The fraction of sp³-hybridized carbons (Fsp3) is 0.417. The molecule has 1 N–H and O–H groups in total. The molecule has 0 aliphatic carbocycles. The summed E-state index contributed by atoms with van der Waals surface area (Å²) in [7, 11) is 0. The van der Waals surface area contributed by atoms with E-state index in [4.69, 9.17) is 5.11 Å². The van der Waals surface area contributed by atoms with Gasteiger partial charge in [0.05, 0.1) is 5.56 Å². The third-order valence-electron chi connectivity index (χ3n) is 2.45. The molecule has 1 heterocycles. The second kappa shape index (κ2) is 5.43. The van der Waals surface area contributed by atoms with Gasteiger partial charge in [0.15, 0.2) is 0 Å². The third-order valence-corrected chi connectivity index (χ3v) is 2.45. The van der Waals surface area contributed by atoms with Gasteiger partial charge in [-0.15, -0.1) is 0 Å². The standard InChI is InChI=1S/C12H16N2O3/c1-4-14(8(2)3)11(15)10-6-5-9(7-13-10)12(16)17/h5-8H,4H2,1-3H3,(H,16,17). The van der Waals surface area contributed by atoms with Crippen molar-refractivity contribution in [3.8, 4) is 0 Å².